The van der Waals surface area contributed by atoms with Crippen LogP contribution in [0.15, 0.2) is 18.7 Å². The van der Waals surface area contributed by atoms with Crippen LogP contribution in [-0.4, -0.2) is 30.9 Å². The molecule has 0 bridgehead atoms. The summed E-state index contributed by atoms with van der Waals surface area (Å²) in [6, 6.07) is 0. The molecule has 2 fully saturated rings. The summed E-state index contributed by atoms with van der Waals surface area (Å²) in [5.74, 6) is 2.68. The monoisotopic (exact) mass is 313 g/mol. The van der Waals surface area contributed by atoms with Crippen LogP contribution >= 0.6 is 0 Å². The molecule has 0 N–H and O–H groups in total. The summed E-state index contributed by atoms with van der Waals surface area (Å²) in [5, 5.41) is 9.03. The Kier molecular flexibility index (Phi) is 3.08. The third-order valence-corrected chi connectivity index (χ3v) is 6.03. The highest BCUT2D eigenvalue weighted by Gasteiger charge is 2.44. The number of ether oxygens (including phenoxy) is 1. The van der Waals surface area contributed by atoms with E-state index < -0.39 is 0 Å². The molecule has 2 aliphatic heterocycles. The molecule has 1 aliphatic carbocycles. The lowest BCUT2D eigenvalue weighted by Gasteiger charge is -2.19. The molecular formula is C17H23N5O. The Balaban J connectivity index is 1.40. The summed E-state index contributed by atoms with van der Waals surface area (Å²) >= 11 is 0. The third kappa shape index (κ3) is 2.40. The normalized spacial score (nSPS) is 28.7. The van der Waals surface area contributed by atoms with Crippen molar-refractivity contribution in [2.45, 2.75) is 57.7 Å². The second-order valence-electron chi connectivity index (χ2n) is 7.48. The van der Waals surface area contributed by atoms with E-state index in [1.807, 2.05) is 18.7 Å². The van der Waals surface area contributed by atoms with Gasteiger partial charge in [-0.2, -0.15) is 0 Å². The largest absolute Gasteiger partial charge is 0.370 e. The lowest BCUT2D eigenvalue weighted by molar-refractivity contribution is 0.0757. The minimum Gasteiger partial charge on any atom is -0.370 e. The van der Waals surface area contributed by atoms with Gasteiger partial charge in [0, 0.05) is 44.4 Å². The first kappa shape index (κ1) is 13.7. The van der Waals surface area contributed by atoms with Crippen molar-refractivity contribution in [1.82, 2.24) is 24.3 Å². The van der Waals surface area contributed by atoms with E-state index in [0.29, 0.717) is 11.3 Å². The molecule has 0 radical (unpaired) electrons. The van der Waals surface area contributed by atoms with E-state index in [4.69, 9.17) is 4.74 Å². The van der Waals surface area contributed by atoms with Crippen molar-refractivity contribution >= 4 is 0 Å². The zero-order chi connectivity index (χ0) is 15.3. The Morgan fingerprint density at radius 1 is 1.22 bits per heavy atom. The maximum atomic E-state index is 6.08. The lowest BCUT2D eigenvalue weighted by atomic mass is 9.97. The molecule has 0 amide bonds. The standard InChI is InChI=1S/C17H23N5O/c1-3-17(4-5-17)6-8-22-14(1)19-20-16(22)15-13(2-10-23-15)11-21-9-7-18-12-21/h7,9,12-13,15H,1-6,8,10-11H2/t13-,15-/m0/s1. The topological polar surface area (TPSA) is 57.8 Å². The number of nitrogens with zero attached hydrogens (tertiary/aromatic N) is 5. The first-order valence-corrected chi connectivity index (χ1v) is 8.82. The molecule has 4 heterocycles. The molecule has 2 atom stereocenters. The molecule has 6 heteroatoms. The smallest absolute Gasteiger partial charge is 0.162 e. The predicted octanol–water partition coefficient (Wildman–Crippen LogP) is 2.37. The maximum absolute atomic E-state index is 6.08. The Bertz CT molecular complexity index is 688. The van der Waals surface area contributed by atoms with Crippen LogP contribution in [-0.2, 0) is 24.2 Å². The van der Waals surface area contributed by atoms with Crippen molar-refractivity contribution in [3.63, 3.8) is 0 Å². The van der Waals surface area contributed by atoms with Crippen LogP contribution in [0, 0.1) is 11.3 Å². The Morgan fingerprint density at radius 2 is 2.17 bits per heavy atom. The van der Waals surface area contributed by atoms with E-state index >= 15 is 0 Å². The first-order chi connectivity index (χ1) is 11.3. The van der Waals surface area contributed by atoms with Gasteiger partial charge in [-0.15, -0.1) is 10.2 Å². The SMILES string of the molecule is c1cn(C[C@@H]2CCO[C@@H]2c2nnc3n2CCC2(CC3)CC2)cn1. The van der Waals surface area contributed by atoms with Crippen molar-refractivity contribution in [3.05, 3.63) is 30.4 Å². The number of imidazole rings is 1. The molecule has 1 saturated heterocycles. The Hall–Kier alpha value is -1.69. The van der Waals surface area contributed by atoms with Crippen LogP contribution in [0.4, 0.5) is 0 Å². The summed E-state index contributed by atoms with van der Waals surface area (Å²) < 4.78 is 10.6. The van der Waals surface area contributed by atoms with Gasteiger partial charge in [-0.3, -0.25) is 0 Å². The van der Waals surface area contributed by atoms with E-state index in [2.05, 4.69) is 24.3 Å². The van der Waals surface area contributed by atoms with Crippen LogP contribution in [0.5, 0.6) is 0 Å². The van der Waals surface area contributed by atoms with Gasteiger partial charge in [0.2, 0.25) is 0 Å². The fraction of sp³-hybridized carbons (Fsp3) is 0.706. The summed E-state index contributed by atoms with van der Waals surface area (Å²) in [6.07, 6.45) is 13.4. The summed E-state index contributed by atoms with van der Waals surface area (Å²) in [6.45, 7) is 2.82. The summed E-state index contributed by atoms with van der Waals surface area (Å²) in [4.78, 5) is 4.15. The summed E-state index contributed by atoms with van der Waals surface area (Å²) in [5.41, 5.74) is 0.630. The highest BCUT2D eigenvalue weighted by atomic mass is 16.5. The van der Waals surface area contributed by atoms with Gasteiger partial charge in [-0.05, 0) is 37.5 Å². The molecule has 3 aliphatic rings. The van der Waals surface area contributed by atoms with Crippen LogP contribution in [0.2, 0.25) is 0 Å². The van der Waals surface area contributed by atoms with E-state index in [0.717, 1.165) is 38.4 Å². The zero-order valence-electron chi connectivity index (χ0n) is 13.4. The number of aromatic nitrogens is 5. The van der Waals surface area contributed by atoms with Crippen LogP contribution in [0.25, 0.3) is 0 Å². The van der Waals surface area contributed by atoms with Crippen molar-refractivity contribution in [1.29, 1.82) is 0 Å². The van der Waals surface area contributed by atoms with E-state index in [1.165, 1.54) is 31.5 Å². The minimum absolute atomic E-state index is 0.0758. The van der Waals surface area contributed by atoms with Gasteiger partial charge < -0.3 is 13.9 Å². The van der Waals surface area contributed by atoms with Gasteiger partial charge in [0.15, 0.2) is 5.82 Å². The van der Waals surface area contributed by atoms with Gasteiger partial charge in [0.1, 0.15) is 11.9 Å². The first-order valence-electron chi connectivity index (χ1n) is 8.82. The molecule has 5 rings (SSSR count). The maximum Gasteiger partial charge on any atom is 0.162 e. The molecule has 2 aromatic rings. The Morgan fingerprint density at radius 3 is 3.00 bits per heavy atom. The van der Waals surface area contributed by atoms with Gasteiger partial charge in [-0.1, -0.05) is 0 Å². The Labute approximate surface area is 135 Å². The van der Waals surface area contributed by atoms with Crippen LogP contribution in [0.3, 0.4) is 0 Å². The number of hydrogen-bond donors (Lipinski definition) is 0. The van der Waals surface area contributed by atoms with Crippen molar-refractivity contribution in [2.75, 3.05) is 6.61 Å². The lowest BCUT2D eigenvalue weighted by Crippen LogP contribution is -2.19. The predicted molar refractivity (Wildman–Crippen MR) is 83.7 cm³/mol. The van der Waals surface area contributed by atoms with Crippen LogP contribution < -0.4 is 0 Å². The van der Waals surface area contributed by atoms with Gasteiger partial charge in [0.05, 0.1) is 6.33 Å². The molecular weight excluding hydrogens is 290 g/mol. The molecule has 6 nitrogen and oxygen atoms in total. The number of rotatable bonds is 3. The van der Waals surface area contributed by atoms with Gasteiger partial charge >= 0.3 is 0 Å². The molecule has 0 aromatic carbocycles. The average Bonchev–Trinajstić information content (AvgIpc) is 2.96. The fourth-order valence-electron chi connectivity index (χ4n) is 4.29. The number of aryl methyl sites for hydroxylation is 1. The van der Waals surface area contributed by atoms with Crippen molar-refractivity contribution in [3.8, 4) is 0 Å². The minimum atomic E-state index is 0.0758. The molecule has 0 unspecified atom stereocenters. The number of hydrogen-bond acceptors (Lipinski definition) is 4. The second kappa shape index (κ2) is 5.16. The fourth-order valence-corrected chi connectivity index (χ4v) is 4.29. The highest BCUT2D eigenvalue weighted by Crippen LogP contribution is 2.54. The zero-order valence-corrected chi connectivity index (χ0v) is 13.4. The van der Waals surface area contributed by atoms with Crippen molar-refractivity contribution in [2.24, 2.45) is 11.3 Å². The average molecular weight is 313 g/mol. The van der Waals surface area contributed by atoms with Gasteiger partial charge in [0.25, 0.3) is 0 Å². The van der Waals surface area contributed by atoms with Gasteiger partial charge in [-0.25, -0.2) is 4.98 Å². The summed E-state index contributed by atoms with van der Waals surface area (Å²) in [7, 11) is 0. The quantitative estimate of drug-likeness (QED) is 0.873. The third-order valence-electron chi connectivity index (χ3n) is 6.03. The van der Waals surface area contributed by atoms with Crippen molar-refractivity contribution < 1.29 is 4.74 Å². The molecule has 2 aromatic heterocycles. The van der Waals surface area contributed by atoms with E-state index in [-0.39, 0.29) is 6.10 Å². The second-order valence-corrected chi connectivity index (χ2v) is 7.48. The van der Waals surface area contributed by atoms with E-state index in [1.54, 1.807) is 0 Å². The van der Waals surface area contributed by atoms with E-state index in [9.17, 15) is 0 Å². The molecule has 1 spiro atoms. The highest BCUT2D eigenvalue weighted by molar-refractivity contribution is 5.07. The van der Waals surface area contributed by atoms with Crippen LogP contribution in [0.1, 0.15) is 49.9 Å². The molecule has 23 heavy (non-hydrogen) atoms. The number of fused-ring (bicyclic) bond motifs is 1. The molecule has 122 valence electrons. The molecule has 1 saturated carbocycles.